The molecule has 4 nitrogen and oxygen atoms in total. The summed E-state index contributed by atoms with van der Waals surface area (Å²) in [5.74, 6) is 0.665. The molecule has 0 aliphatic carbocycles. The molecule has 78 valence electrons. The number of anilines is 1. The Bertz CT molecular complexity index is 276. The molecule has 0 radical (unpaired) electrons. The van der Waals surface area contributed by atoms with E-state index >= 15 is 0 Å². The number of rotatable bonds is 5. The Kier molecular flexibility index (Phi) is 4.19. The average Bonchev–Trinajstić information content (AvgIpc) is 2.18. The summed E-state index contributed by atoms with van der Waals surface area (Å²) < 4.78 is 5.47. The Hall–Kier alpha value is -1.29. The predicted molar refractivity (Wildman–Crippen MR) is 57.8 cm³/mol. The van der Waals surface area contributed by atoms with Gasteiger partial charge in [-0.2, -0.15) is 0 Å². The molecule has 0 aliphatic heterocycles. The molecule has 0 bridgehead atoms. The quantitative estimate of drug-likeness (QED) is 0.762. The van der Waals surface area contributed by atoms with Crippen molar-refractivity contribution in [3.63, 3.8) is 0 Å². The molecule has 0 saturated heterocycles. The second-order valence-electron chi connectivity index (χ2n) is 3.28. The summed E-state index contributed by atoms with van der Waals surface area (Å²) in [6.45, 7) is 1.55. The number of aromatic nitrogens is 1. The van der Waals surface area contributed by atoms with Crippen molar-refractivity contribution in [3.05, 3.63) is 18.3 Å². The predicted octanol–water partition coefficient (Wildman–Crippen LogP) is 1.06. The third-order valence-electron chi connectivity index (χ3n) is 1.81. The van der Waals surface area contributed by atoms with Gasteiger partial charge in [-0.1, -0.05) is 0 Å². The molecule has 0 aromatic carbocycles. The van der Waals surface area contributed by atoms with Gasteiger partial charge in [0.2, 0.25) is 5.88 Å². The van der Waals surface area contributed by atoms with Gasteiger partial charge in [0, 0.05) is 31.5 Å². The van der Waals surface area contributed by atoms with E-state index in [2.05, 4.69) is 15.2 Å². The zero-order valence-corrected chi connectivity index (χ0v) is 8.95. The number of hydrogen-bond donors (Lipinski definition) is 1. The lowest BCUT2D eigenvalue weighted by Gasteiger charge is -2.10. The molecule has 0 saturated carbocycles. The first-order valence-corrected chi connectivity index (χ1v) is 4.63. The van der Waals surface area contributed by atoms with Crippen molar-refractivity contribution in [1.82, 2.24) is 9.88 Å². The Balaban J connectivity index is 2.42. The Morgan fingerprint density at radius 3 is 2.93 bits per heavy atom. The topological polar surface area (TPSA) is 37.4 Å². The van der Waals surface area contributed by atoms with Crippen LogP contribution in [0.25, 0.3) is 0 Å². The van der Waals surface area contributed by atoms with Crippen LogP contribution in [-0.2, 0) is 0 Å². The third kappa shape index (κ3) is 3.62. The maximum absolute atomic E-state index is 5.47. The summed E-state index contributed by atoms with van der Waals surface area (Å²) in [6.07, 6.45) is 1.73. The van der Waals surface area contributed by atoms with E-state index in [0.717, 1.165) is 12.2 Å². The fourth-order valence-corrected chi connectivity index (χ4v) is 0.977. The van der Waals surface area contributed by atoms with Crippen LogP contribution in [0.4, 0.5) is 5.69 Å². The largest absolute Gasteiger partial charge is 0.476 e. The SMILES string of the molecule is CNc1ccnc(OCCN(C)C)c1. The number of hydrogen-bond acceptors (Lipinski definition) is 4. The van der Waals surface area contributed by atoms with Crippen molar-refractivity contribution in [2.24, 2.45) is 0 Å². The van der Waals surface area contributed by atoms with Gasteiger partial charge >= 0.3 is 0 Å². The van der Waals surface area contributed by atoms with Gasteiger partial charge in [0.05, 0.1) is 0 Å². The van der Waals surface area contributed by atoms with E-state index < -0.39 is 0 Å². The van der Waals surface area contributed by atoms with Crippen LogP contribution in [0.2, 0.25) is 0 Å². The number of ether oxygens (including phenoxy) is 1. The van der Waals surface area contributed by atoms with Crippen molar-refractivity contribution in [2.45, 2.75) is 0 Å². The molecule has 0 fully saturated rings. The van der Waals surface area contributed by atoms with E-state index in [1.54, 1.807) is 6.20 Å². The Morgan fingerprint density at radius 1 is 1.50 bits per heavy atom. The first-order chi connectivity index (χ1) is 6.72. The molecule has 4 heteroatoms. The maximum atomic E-state index is 5.47. The standard InChI is InChI=1S/C10H17N3O/c1-11-9-4-5-12-10(8-9)14-7-6-13(2)3/h4-5,8H,6-7H2,1-3H3,(H,11,12). The molecule has 0 atom stereocenters. The maximum Gasteiger partial charge on any atom is 0.215 e. The van der Waals surface area contributed by atoms with Gasteiger partial charge in [-0.25, -0.2) is 4.98 Å². The molecule has 1 aromatic heterocycles. The Morgan fingerprint density at radius 2 is 2.29 bits per heavy atom. The van der Waals surface area contributed by atoms with E-state index in [1.165, 1.54) is 0 Å². The van der Waals surface area contributed by atoms with E-state index in [4.69, 9.17) is 4.74 Å². The van der Waals surface area contributed by atoms with Crippen molar-refractivity contribution >= 4 is 5.69 Å². The molecule has 1 aromatic rings. The van der Waals surface area contributed by atoms with Crippen molar-refractivity contribution in [3.8, 4) is 5.88 Å². The monoisotopic (exact) mass is 195 g/mol. The molecule has 14 heavy (non-hydrogen) atoms. The minimum atomic E-state index is 0.660. The summed E-state index contributed by atoms with van der Waals surface area (Å²) in [4.78, 5) is 6.17. The molecular weight excluding hydrogens is 178 g/mol. The number of nitrogens with one attached hydrogen (secondary N) is 1. The first kappa shape index (κ1) is 10.8. The Labute approximate surface area is 84.9 Å². The molecule has 0 amide bonds. The smallest absolute Gasteiger partial charge is 0.215 e. The minimum absolute atomic E-state index is 0.660. The summed E-state index contributed by atoms with van der Waals surface area (Å²) >= 11 is 0. The molecular formula is C10H17N3O. The van der Waals surface area contributed by atoms with Gasteiger partial charge in [0.1, 0.15) is 6.61 Å². The summed E-state index contributed by atoms with van der Waals surface area (Å²) in [6, 6.07) is 3.79. The van der Waals surface area contributed by atoms with Gasteiger partial charge in [0.15, 0.2) is 0 Å². The van der Waals surface area contributed by atoms with Crippen LogP contribution in [-0.4, -0.2) is 44.2 Å². The molecule has 0 unspecified atom stereocenters. The normalized spacial score (nSPS) is 10.3. The lowest BCUT2D eigenvalue weighted by molar-refractivity contribution is 0.254. The third-order valence-corrected chi connectivity index (χ3v) is 1.81. The minimum Gasteiger partial charge on any atom is -0.476 e. The molecule has 1 rings (SSSR count). The van der Waals surface area contributed by atoms with Crippen LogP contribution in [0.1, 0.15) is 0 Å². The summed E-state index contributed by atoms with van der Waals surface area (Å²) in [7, 11) is 5.90. The molecule has 1 heterocycles. The van der Waals surface area contributed by atoms with Crippen LogP contribution in [0.3, 0.4) is 0 Å². The second-order valence-corrected chi connectivity index (χ2v) is 3.28. The van der Waals surface area contributed by atoms with E-state index in [9.17, 15) is 0 Å². The highest BCUT2D eigenvalue weighted by Gasteiger charge is 1.97. The van der Waals surface area contributed by atoms with Crippen molar-refractivity contribution in [1.29, 1.82) is 0 Å². The van der Waals surface area contributed by atoms with Crippen LogP contribution in [0, 0.1) is 0 Å². The van der Waals surface area contributed by atoms with Crippen molar-refractivity contribution in [2.75, 3.05) is 39.6 Å². The average molecular weight is 195 g/mol. The van der Waals surface area contributed by atoms with E-state index in [1.807, 2.05) is 33.3 Å². The van der Waals surface area contributed by atoms with E-state index in [-0.39, 0.29) is 0 Å². The zero-order chi connectivity index (χ0) is 10.4. The lowest BCUT2D eigenvalue weighted by atomic mass is 10.4. The second kappa shape index (κ2) is 5.44. The zero-order valence-electron chi connectivity index (χ0n) is 8.95. The van der Waals surface area contributed by atoms with Crippen LogP contribution in [0.15, 0.2) is 18.3 Å². The molecule has 0 aliphatic rings. The van der Waals surface area contributed by atoms with Gasteiger partial charge < -0.3 is 15.0 Å². The van der Waals surface area contributed by atoms with Crippen LogP contribution >= 0.6 is 0 Å². The highest BCUT2D eigenvalue weighted by molar-refractivity contribution is 5.44. The number of nitrogens with zero attached hydrogens (tertiary/aromatic N) is 2. The summed E-state index contributed by atoms with van der Waals surface area (Å²) in [5.41, 5.74) is 1.01. The number of pyridine rings is 1. The fourth-order valence-electron chi connectivity index (χ4n) is 0.977. The first-order valence-electron chi connectivity index (χ1n) is 4.63. The van der Waals surface area contributed by atoms with Gasteiger partial charge in [-0.05, 0) is 20.2 Å². The van der Waals surface area contributed by atoms with E-state index in [0.29, 0.717) is 12.5 Å². The van der Waals surface area contributed by atoms with Gasteiger partial charge in [0.25, 0.3) is 0 Å². The highest BCUT2D eigenvalue weighted by Crippen LogP contribution is 2.12. The number of likely N-dealkylation sites (N-methyl/N-ethyl adjacent to an activating group) is 1. The molecule has 1 N–H and O–H groups in total. The van der Waals surface area contributed by atoms with Crippen molar-refractivity contribution < 1.29 is 4.74 Å². The van der Waals surface area contributed by atoms with Crippen LogP contribution < -0.4 is 10.1 Å². The highest BCUT2D eigenvalue weighted by atomic mass is 16.5. The summed E-state index contributed by atoms with van der Waals surface area (Å²) in [5, 5.41) is 3.04. The van der Waals surface area contributed by atoms with Gasteiger partial charge in [-0.3, -0.25) is 0 Å². The lowest BCUT2D eigenvalue weighted by Crippen LogP contribution is -2.19. The molecule has 0 spiro atoms. The van der Waals surface area contributed by atoms with Crippen LogP contribution in [0.5, 0.6) is 5.88 Å². The fraction of sp³-hybridized carbons (Fsp3) is 0.500. The van der Waals surface area contributed by atoms with Gasteiger partial charge in [-0.15, -0.1) is 0 Å².